The minimum absolute atomic E-state index is 0.0332. The molecule has 0 amide bonds. The first-order chi connectivity index (χ1) is 15.3. The molecular formula is C24H26F3N3O2. The van der Waals surface area contributed by atoms with Gasteiger partial charge in [-0.3, -0.25) is 9.36 Å². The first-order valence-electron chi connectivity index (χ1n) is 10.8. The van der Waals surface area contributed by atoms with Gasteiger partial charge in [0.25, 0.3) is 5.56 Å². The van der Waals surface area contributed by atoms with Gasteiger partial charge in [0.1, 0.15) is 11.6 Å². The molecule has 0 bridgehead atoms. The summed E-state index contributed by atoms with van der Waals surface area (Å²) in [6.45, 7) is 6.56. The van der Waals surface area contributed by atoms with E-state index < -0.39 is 22.7 Å². The second-order valence-corrected chi connectivity index (χ2v) is 8.22. The average molecular weight is 445 g/mol. The van der Waals surface area contributed by atoms with Gasteiger partial charge in [-0.1, -0.05) is 6.07 Å². The zero-order valence-corrected chi connectivity index (χ0v) is 18.2. The number of fused-ring (bicyclic) bond motifs is 1. The fraction of sp³-hybridized carbons (Fsp3) is 0.417. The maximum atomic E-state index is 13.5. The number of ether oxygens (including phenoxy) is 1. The van der Waals surface area contributed by atoms with E-state index in [9.17, 15) is 18.0 Å². The molecule has 1 saturated heterocycles. The average Bonchev–Trinajstić information content (AvgIpc) is 3.15. The number of likely N-dealkylation sites (tertiary alicyclic amines) is 1. The van der Waals surface area contributed by atoms with Crippen LogP contribution in [0.25, 0.3) is 16.6 Å². The summed E-state index contributed by atoms with van der Waals surface area (Å²) in [5, 5.41) is -0.429. The Morgan fingerprint density at radius 3 is 2.56 bits per heavy atom. The van der Waals surface area contributed by atoms with Crippen LogP contribution in [0.3, 0.4) is 0 Å². The second-order valence-electron chi connectivity index (χ2n) is 8.22. The molecule has 0 N–H and O–H groups in total. The first-order valence-corrected chi connectivity index (χ1v) is 10.8. The van der Waals surface area contributed by atoms with Crippen LogP contribution < -0.4 is 10.3 Å². The van der Waals surface area contributed by atoms with Crippen LogP contribution in [0.4, 0.5) is 13.2 Å². The van der Waals surface area contributed by atoms with Crippen LogP contribution in [0.15, 0.2) is 47.3 Å². The summed E-state index contributed by atoms with van der Waals surface area (Å²) < 4.78 is 47.4. The summed E-state index contributed by atoms with van der Waals surface area (Å²) in [6, 6.07) is 11.0. The van der Waals surface area contributed by atoms with Crippen molar-refractivity contribution in [2.45, 2.75) is 45.3 Å². The number of aromatic nitrogens is 2. The number of halogens is 3. The molecule has 0 unspecified atom stereocenters. The van der Waals surface area contributed by atoms with Crippen LogP contribution in [-0.4, -0.2) is 40.2 Å². The molecule has 4 rings (SSSR count). The molecule has 1 aromatic heterocycles. The maximum Gasteiger partial charge on any atom is 0.417 e. The Balaban J connectivity index is 1.53. The number of benzene rings is 2. The van der Waals surface area contributed by atoms with Crippen molar-refractivity contribution >= 4 is 10.9 Å². The number of aryl methyl sites for hydroxylation is 1. The molecule has 2 aromatic carbocycles. The van der Waals surface area contributed by atoms with E-state index in [0.717, 1.165) is 25.6 Å². The third-order valence-electron chi connectivity index (χ3n) is 6.01. The van der Waals surface area contributed by atoms with Crippen LogP contribution in [0.5, 0.6) is 5.75 Å². The summed E-state index contributed by atoms with van der Waals surface area (Å²) in [7, 11) is 0. The van der Waals surface area contributed by atoms with Crippen molar-refractivity contribution in [2.75, 3.05) is 19.7 Å². The molecule has 1 aliphatic heterocycles. The number of alkyl halides is 3. The van der Waals surface area contributed by atoms with E-state index in [1.165, 1.54) is 29.5 Å². The van der Waals surface area contributed by atoms with Crippen molar-refractivity contribution in [3.63, 3.8) is 0 Å². The molecule has 5 nitrogen and oxygen atoms in total. The van der Waals surface area contributed by atoms with E-state index in [1.807, 2.05) is 0 Å². The molecule has 1 fully saturated rings. The Morgan fingerprint density at radius 2 is 1.91 bits per heavy atom. The van der Waals surface area contributed by atoms with Gasteiger partial charge in [0, 0.05) is 12.6 Å². The molecule has 3 aromatic rings. The summed E-state index contributed by atoms with van der Waals surface area (Å²) in [6.07, 6.45) is -1.23. The first kappa shape index (κ1) is 22.3. The molecule has 1 atom stereocenters. The molecular weight excluding hydrogens is 419 g/mol. The minimum Gasteiger partial charge on any atom is -0.494 e. The molecule has 32 heavy (non-hydrogen) atoms. The van der Waals surface area contributed by atoms with Gasteiger partial charge in [0.2, 0.25) is 0 Å². The number of hydrogen-bond acceptors (Lipinski definition) is 4. The molecule has 170 valence electrons. The zero-order chi connectivity index (χ0) is 22.9. The van der Waals surface area contributed by atoms with Gasteiger partial charge in [-0.05, 0) is 76.1 Å². The molecule has 0 spiro atoms. The van der Waals surface area contributed by atoms with Crippen LogP contribution >= 0.6 is 0 Å². The molecule has 8 heteroatoms. The van der Waals surface area contributed by atoms with Gasteiger partial charge in [-0.25, -0.2) is 4.98 Å². The van der Waals surface area contributed by atoms with Gasteiger partial charge < -0.3 is 9.64 Å². The number of nitrogens with zero attached hydrogens (tertiary/aromatic N) is 3. The Morgan fingerprint density at radius 1 is 1.16 bits per heavy atom. The normalized spacial score (nSPS) is 17.2. The highest BCUT2D eigenvalue weighted by Gasteiger charge is 2.34. The Bertz CT molecular complexity index is 1160. The summed E-state index contributed by atoms with van der Waals surface area (Å²) in [5.74, 6) is 0.967. The van der Waals surface area contributed by atoms with Gasteiger partial charge in [-0.2, -0.15) is 13.2 Å². The van der Waals surface area contributed by atoms with Crippen LogP contribution in [0.1, 0.15) is 37.6 Å². The maximum absolute atomic E-state index is 13.5. The summed E-state index contributed by atoms with van der Waals surface area (Å²) >= 11 is 0. The van der Waals surface area contributed by atoms with Gasteiger partial charge in [0.15, 0.2) is 0 Å². The van der Waals surface area contributed by atoms with Crippen LogP contribution in [0, 0.1) is 6.92 Å². The van der Waals surface area contributed by atoms with Crippen molar-refractivity contribution in [1.29, 1.82) is 0 Å². The SMILES string of the molecule is Cc1nc2cccc(C(F)(F)F)c2c(=O)n1-c1ccc(OCCCN2CCC[C@H]2C)cc1. The summed E-state index contributed by atoms with van der Waals surface area (Å²) in [4.78, 5) is 19.8. The van der Waals surface area contributed by atoms with Crippen molar-refractivity contribution in [1.82, 2.24) is 14.5 Å². The lowest BCUT2D eigenvalue weighted by Gasteiger charge is -2.20. The molecule has 0 aliphatic carbocycles. The summed E-state index contributed by atoms with van der Waals surface area (Å²) in [5.41, 5.74) is -1.25. The van der Waals surface area contributed by atoms with Gasteiger partial charge in [-0.15, -0.1) is 0 Å². The lowest BCUT2D eigenvalue weighted by Crippen LogP contribution is -2.28. The largest absolute Gasteiger partial charge is 0.494 e. The smallest absolute Gasteiger partial charge is 0.417 e. The fourth-order valence-electron chi connectivity index (χ4n) is 4.36. The second kappa shape index (κ2) is 8.94. The van der Waals surface area contributed by atoms with Crippen molar-refractivity contribution in [3.8, 4) is 11.4 Å². The molecule has 1 aliphatic rings. The molecule has 2 heterocycles. The minimum atomic E-state index is -4.64. The monoisotopic (exact) mass is 445 g/mol. The standard InChI is InChI=1S/C24H26F3N3O2/c1-16-6-4-13-29(16)14-5-15-32-19-11-9-18(10-12-19)30-17(2)28-21-8-3-7-20(24(25,26)27)22(21)23(30)31/h3,7-12,16H,4-6,13-15H2,1-2H3/t16-/m1/s1. The predicted molar refractivity (Wildman–Crippen MR) is 117 cm³/mol. The van der Waals surface area contributed by atoms with Crippen molar-refractivity contribution < 1.29 is 17.9 Å². The number of hydrogen-bond donors (Lipinski definition) is 0. The fourth-order valence-corrected chi connectivity index (χ4v) is 4.36. The predicted octanol–water partition coefficient (Wildman–Crippen LogP) is 4.97. The van der Waals surface area contributed by atoms with E-state index >= 15 is 0 Å². The Labute approximate surface area is 184 Å². The van der Waals surface area contributed by atoms with Crippen molar-refractivity contribution in [2.24, 2.45) is 0 Å². The Kier molecular flexibility index (Phi) is 6.24. The highest BCUT2D eigenvalue weighted by Crippen LogP contribution is 2.33. The quantitative estimate of drug-likeness (QED) is 0.503. The third-order valence-corrected chi connectivity index (χ3v) is 6.01. The van der Waals surface area contributed by atoms with E-state index in [4.69, 9.17) is 4.74 Å². The van der Waals surface area contributed by atoms with Gasteiger partial charge in [0.05, 0.1) is 28.8 Å². The van der Waals surface area contributed by atoms with Crippen molar-refractivity contribution in [3.05, 3.63) is 64.2 Å². The lowest BCUT2D eigenvalue weighted by molar-refractivity contribution is -0.136. The lowest BCUT2D eigenvalue weighted by atomic mass is 10.1. The van der Waals surface area contributed by atoms with Crippen LogP contribution in [0.2, 0.25) is 0 Å². The third kappa shape index (κ3) is 4.50. The highest BCUT2D eigenvalue weighted by atomic mass is 19.4. The van der Waals surface area contributed by atoms with E-state index in [1.54, 1.807) is 31.2 Å². The molecule has 0 saturated carbocycles. The van der Waals surface area contributed by atoms with E-state index in [2.05, 4.69) is 16.8 Å². The number of rotatable bonds is 6. The topological polar surface area (TPSA) is 47.4 Å². The Hall–Kier alpha value is -2.87. The van der Waals surface area contributed by atoms with E-state index in [0.29, 0.717) is 29.9 Å². The molecule has 0 radical (unpaired) electrons. The van der Waals surface area contributed by atoms with Crippen LogP contribution in [-0.2, 0) is 6.18 Å². The zero-order valence-electron chi connectivity index (χ0n) is 18.2. The highest BCUT2D eigenvalue weighted by molar-refractivity contribution is 5.82. The van der Waals surface area contributed by atoms with E-state index in [-0.39, 0.29) is 5.52 Å². The van der Waals surface area contributed by atoms with Gasteiger partial charge >= 0.3 is 6.18 Å².